The summed E-state index contributed by atoms with van der Waals surface area (Å²) in [5.74, 6) is 0.731. The highest BCUT2D eigenvalue weighted by Gasteiger charge is 2.27. The summed E-state index contributed by atoms with van der Waals surface area (Å²) in [7, 11) is 0. The molecule has 3 heterocycles. The fraction of sp³-hybridized carbons (Fsp3) is 0.765. The zero-order valence-corrected chi connectivity index (χ0v) is 14.2. The number of aryl methyl sites for hydroxylation is 1. The molecule has 0 unspecified atom stereocenters. The van der Waals surface area contributed by atoms with E-state index in [1.54, 1.807) is 11.3 Å². The molecular formula is C17H26N2O2S. The van der Waals surface area contributed by atoms with Crippen molar-refractivity contribution in [3.63, 3.8) is 0 Å². The van der Waals surface area contributed by atoms with Crippen molar-refractivity contribution < 1.29 is 9.53 Å². The van der Waals surface area contributed by atoms with E-state index in [4.69, 9.17) is 4.74 Å². The lowest BCUT2D eigenvalue weighted by molar-refractivity contribution is -0.133. The molecule has 4 nitrogen and oxygen atoms in total. The molecule has 2 atom stereocenters. The molecule has 5 heteroatoms. The Kier molecular flexibility index (Phi) is 5.47. The van der Waals surface area contributed by atoms with Gasteiger partial charge < -0.3 is 9.64 Å². The Labute approximate surface area is 136 Å². The predicted molar refractivity (Wildman–Crippen MR) is 88.2 cm³/mol. The van der Waals surface area contributed by atoms with E-state index in [-0.39, 0.29) is 0 Å². The van der Waals surface area contributed by atoms with Crippen molar-refractivity contribution in [2.24, 2.45) is 0 Å². The SMILES string of the molecule is Cc1csc([C@H]2CCCN(C(=O)CC[C@@H]3CCCCO3)C2)n1. The first-order chi connectivity index (χ1) is 10.7. The number of carbonyl (C=O) groups is 1. The Hall–Kier alpha value is -0.940. The van der Waals surface area contributed by atoms with Gasteiger partial charge in [-0.25, -0.2) is 4.98 Å². The molecule has 1 aromatic rings. The fourth-order valence-corrected chi connectivity index (χ4v) is 4.37. The maximum Gasteiger partial charge on any atom is 0.222 e. The normalized spacial score (nSPS) is 26.1. The zero-order valence-electron chi connectivity index (χ0n) is 13.4. The van der Waals surface area contributed by atoms with Crippen LogP contribution in [-0.2, 0) is 9.53 Å². The lowest BCUT2D eigenvalue weighted by Gasteiger charge is -2.32. The van der Waals surface area contributed by atoms with E-state index in [2.05, 4.69) is 10.4 Å². The molecule has 2 aliphatic heterocycles. The summed E-state index contributed by atoms with van der Waals surface area (Å²) in [6, 6.07) is 0. The lowest BCUT2D eigenvalue weighted by atomic mass is 9.97. The molecule has 22 heavy (non-hydrogen) atoms. The predicted octanol–water partition coefficient (Wildman–Crippen LogP) is 3.51. The Balaban J connectivity index is 1.49. The van der Waals surface area contributed by atoms with Crippen LogP contribution >= 0.6 is 11.3 Å². The highest BCUT2D eigenvalue weighted by molar-refractivity contribution is 7.09. The monoisotopic (exact) mass is 322 g/mol. The number of thiazole rings is 1. The van der Waals surface area contributed by atoms with Gasteiger partial charge in [-0.15, -0.1) is 11.3 Å². The molecule has 0 radical (unpaired) electrons. The molecule has 0 aromatic carbocycles. The summed E-state index contributed by atoms with van der Waals surface area (Å²) in [5, 5.41) is 3.31. The highest BCUT2D eigenvalue weighted by Crippen LogP contribution is 2.29. The summed E-state index contributed by atoms with van der Waals surface area (Å²) >= 11 is 1.74. The summed E-state index contributed by atoms with van der Waals surface area (Å²) in [6.45, 7) is 4.66. The fourth-order valence-electron chi connectivity index (χ4n) is 3.44. The second kappa shape index (κ2) is 7.55. The third-order valence-corrected chi connectivity index (χ3v) is 5.84. The molecule has 1 amide bonds. The lowest BCUT2D eigenvalue weighted by Crippen LogP contribution is -2.39. The van der Waals surface area contributed by atoms with Gasteiger partial charge in [0.25, 0.3) is 0 Å². The molecule has 2 fully saturated rings. The molecule has 122 valence electrons. The maximum absolute atomic E-state index is 12.5. The van der Waals surface area contributed by atoms with Crippen molar-refractivity contribution in [1.29, 1.82) is 0 Å². The topological polar surface area (TPSA) is 42.4 Å². The van der Waals surface area contributed by atoms with E-state index in [0.29, 0.717) is 24.3 Å². The van der Waals surface area contributed by atoms with Gasteiger partial charge in [-0.05, 0) is 45.4 Å². The van der Waals surface area contributed by atoms with Gasteiger partial charge in [0, 0.05) is 43.1 Å². The standard InChI is InChI=1S/C17H26N2O2S/c1-13-12-22-17(18-13)14-5-4-9-19(11-14)16(20)8-7-15-6-2-3-10-21-15/h12,14-15H,2-11H2,1H3/t14-,15-/m0/s1. The number of rotatable bonds is 4. The molecule has 2 aliphatic rings. The van der Waals surface area contributed by atoms with Crippen LogP contribution in [0.25, 0.3) is 0 Å². The molecule has 0 aliphatic carbocycles. The third kappa shape index (κ3) is 4.07. The van der Waals surface area contributed by atoms with Crippen LogP contribution in [0, 0.1) is 6.92 Å². The van der Waals surface area contributed by atoms with E-state index in [9.17, 15) is 4.79 Å². The van der Waals surface area contributed by atoms with Crippen LogP contribution in [-0.4, -0.2) is 41.6 Å². The Bertz CT molecular complexity index is 497. The van der Waals surface area contributed by atoms with Crippen LogP contribution in [0.3, 0.4) is 0 Å². The first-order valence-electron chi connectivity index (χ1n) is 8.54. The smallest absolute Gasteiger partial charge is 0.222 e. The van der Waals surface area contributed by atoms with Crippen LogP contribution in [0.5, 0.6) is 0 Å². The number of aromatic nitrogens is 1. The average molecular weight is 322 g/mol. The van der Waals surface area contributed by atoms with Crippen molar-refractivity contribution in [2.75, 3.05) is 19.7 Å². The van der Waals surface area contributed by atoms with E-state index in [0.717, 1.165) is 51.1 Å². The third-order valence-electron chi connectivity index (χ3n) is 4.71. The first kappa shape index (κ1) is 15.9. The van der Waals surface area contributed by atoms with Crippen molar-refractivity contribution in [2.45, 2.75) is 63.9 Å². The first-order valence-corrected chi connectivity index (χ1v) is 9.42. The van der Waals surface area contributed by atoms with Crippen LogP contribution in [0.4, 0.5) is 0 Å². The van der Waals surface area contributed by atoms with E-state index < -0.39 is 0 Å². The minimum atomic E-state index is 0.298. The van der Waals surface area contributed by atoms with Crippen molar-refractivity contribution in [3.05, 3.63) is 16.1 Å². The molecule has 0 spiro atoms. The Morgan fingerprint density at radius 1 is 1.41 bits per heavy atom. The van der Waals surface area contributed by atoms with E-state index >= 15 is 0 Å². The maximum atomic E-state index is 12.5. The van der Waals surface area contributed by atoms with Gasteiger partial charge in [-0.2, -0.15) is 0 Å². The molecule has 0 bridgehead atoms. The van der Waals surface area contributed by atoms with Gasteiger partial charge in [0.05, 0.1) is 11.1 Å². The number of piperidine rings is 1. The molecule has 0 N–H and O–H groups in total. The van der Waals surface area contributed by atoms with Gasteiger partial charge in [0.1, 0.15) is 0 Å². The molecule has 1 aromatic heterocycles. The van der Waals surface area contributed by atoms with Crippen molar-refractivity contribution in [1.82, 2.24) is 9.88 Å². The molecule has 3 rings (SSSR count). The number of hydrogen-bond donors (Lipinski definition) is 0. The number of amides is 1. The summed E-state index contributed by atoms with van der Waals surface area (Å²) in [4.78, 5) is 19.1. The summed E-state index contributed by atoms with van der Waals surface area (Å²) in [6.07, 6.45) is 7.61. The largest absolute Gasteiger partial charge is 0.378 e. The molecular weight excluding hydrogens is 296 g/mol. The number of nitrogens with zero attached hydrogens (tertiary/aromatic N) is 2. The Morgan fingerprint density at radius 3 is 3.05 bits per heavy atom. The zero-order chi connectivity index (χ0) is 15.4. The van der Waals surface area contributed by atoms with Crippen LogP contribution < -0.4 is 0 Å². The van der Waals surface area contributed by atoms with Crippen LogP contribution in [0.1, 0.15) is 61.6 Å². The number of ether oxygens (including phenoxy) is 1. The van der Waals surface area contributed by atoms with Gasteiger partial charge in [-0.1, -0.05) is 0 Å². The number of carbonyl (C=O) groups excluding carboxylic acids is 1. The number of hydrogen-bond acceptors (Lipinski definition) is 4. The second-order valence-corrected chi connectivity index (χ2v) is 7.42. The quantitative estimate of drug-likeness (QED) is 0.852. The van der Waals surface area contributed by atoms with Crippen LogP contribution in [0.2, 0.25) is 0 Å². The van der Waals surface area contributed by atoms with Gasteiger partial charge in [-0.3, -0.25) is 4.79 Å². The molecule has 2 saturated heterocycles. The van der Waals surface area contributed by atoms with E-state index in [1.807, 2.05) is 11.8 Å². The highest BCUT2D eigenvalue weighted by atomic mass is 32.1. The van der Waals surface area contributed by atoms with Crippen molar-refractivity contribution in [3.8, 4) is 0 Å². The number of likely N-dealkylation sites (tertiary alicyclic amines) is 1. The van der Waals surface area contributed by atoms with Gasteiger partial charge in [0.15, 0.2) is 0 Å². The van der Waals surface area contributed by atoms with Crippen LogP contribution in [0.15, 0.2) is 5.38 Å². The van der Waals surface area contributed by atoms with E-state index in [1.165, 1.54) is 17.8 Å². The minimum absolute atomic E-state index is 0.298. The molecule has 0 saturated carbocycles. The van der Waals surface area contributed by atoms with Crippen molar-refractivity contribution >= 4 is 17.2 Å². The average Bonchev–Trinajstić information content (AvgIpc) is 3.00. The Morgan fingerprint density at radius 2 is 2.32 bits per heavy atom. The summed E-state index contributed by atoms with van der Waals surface area (Å²) < 4.78 is 5.73. The minimum Gasteiger partial charge on any atom is -0.378 e. The van der Waals surface area contributed by atoms with Gasteiger partial charge in [0.2, 0.25) is 5.91 Å². The second-order valence-electron chi connectivity index (χ2n) is 6.53. The summed E-state index contributed by atoms with van der Waals surface area (Å²) in [5.41, 5.74) is 1.10. The van der Waals surface area contributed by atoms with Gasteiger partial charge >= 0.3 is 0 Å².